The van der Waals surface area contributed by atoms with Crippen molar-refractivity contribution in [3.8, 4) is 5.75 Å². The fraction of sp³-hybridized carbons (Fsp3) is 0.250. The van der Waals surface area contributed by atoms with E-state index in [0.717, 1.165) is 0 Å². The van der Waals surface area contributed by atoms with E-state index in [0.29, 0.717) is 17.1 Å². The first kappa shape index (κ1) is 12.1. The van der Waals surface area contributed by atoms with Gasteiger partial charge in [0.25, 0.3) is 0 Å². The van der Waals surface area contributed by atoms with Gasteiger partial charge in [0.1, 0.15) is 11.5 Å². The molecule has 0 aliphatic carbocycles. The number of carboxylic acids is 1. The molecule has 0 aliphatic heterocycles. The van der Waals surface area contributed by atoms with Gasteiger partial charge in [0.15, 0.2) is 0 Å². The Morgan fingerprint density at radius 3 is 2.38 bits per heavy atom. The van der Waals surface area contributed by atoms with Gasteiger partial charge >= 0.3 is 5.97 Å². The molecule has 0 spiro atoms. The molecule has 0 atom stereocenters. The number of ether oxygens (including phenoxy) is 2. The Bertz CT molecular complexity index is 421. The van der Waals surface area contributed by atoms with E-state index in [-0.39, 0.29) is 5.57 Å². The quantitative estimate of drug-likeness (QED) is 0.626. The second-order valence-electron chi connectivity index (χ2n) is 3.16. The number of benzene rings is 1. The van der Waals surface area contributed by atoms with E-state index in [2.05, 4.69) is 0 Å². The van der Waals surface area contributed by atoms with Crippen LogP contribution in [0.1, 0.15) is 12.5 Å². The molecule has 0 radical (unpaired) electrons. The maximum Gasteiger partial charge on any atom is 0.335 e. The first-order valence-corrected chi connectivity index (χ1v) is 4.73. The van der Waals surface area contributed by atoms with Gasteiger partial charge in [-0.2, -0.15) is 0 Å². The van der Waals surface area contributed by atoms with E-state index in [9.17, 15) is 4.79 Å². The second-order valence-corrected chi connectivity index (χ2v) is 3.16. The topological polar surface area (TPSA) is 55.8 Å². The van der Waals surface area contributed by atoms with Crippen LogP contribution < -0.4 is 4.74 Å². The fourth-order valence-corrected chi connectivity index (χ4v) is 1.39. The van der Waals surface area contributed by atoms with Crippen molar-refractivity contribution in [2.24, 2.45) is 0 Å². The molecule has 1 rings (SSSR count). The van der Waals surface area contributed by atoms with Gasteiger partial charge in [-0.05, 0) is 19.1 Å². The van der Waals surface area contributed by atoms with Crippen LogP contribution in [-0.4, -0.2) is 25.3 Å². The molecule has 4 heteroatoms. The first-order valence-electron chi connectivity index (χ1n) is 4.73. The zero-order valence-corrected chi connectivity index (χ0v) is 9.48. The van der Waals surface area contributed by atoms with E-state index in [4.69, 9.17) is 14.6 Å². The molecule has 0 heterocycles. The van der Waals surface area contributed by atoms with Gasteiger partial charge in [0, 0.05) is 0 Å². The lowest BCUT2D eigenvalue weighted by Gasteiger charge is -2.12. The Labute approximate surface area is 94.1 Å². The minimum absolute atomic E-state index is 0.145. The molecule has 0 fully saturated rings. The van der Waals surface area contributed by atoms with Gasteiger partial charge in [0.05, 0.1) is 25.4 Å². The molecule has 0 aliphatic rings. The van der Waals surface area contributed by atoms with Crippen LogP contribution in [0.3, 0.4) is 0 Å². The number of rotatable bonds is 4. The lowest BCUT2D eigenvalue weighted by Crippen LogP contribution is -2.03. The van der Waals surface area contributed by atoms with Crippen molar-refractivity contribution in [3.05, 3.63) is 35.4 Å². The maximum absolute atomic E-state index is 10.9. The summed E-state index contributed by atoms with van der Waals surface area (Å²) in [4.78, 5) is 10.9. The largest absolute Gasteiger partial charge is 0.496 e. The van der Waals surface area contributed by atoms with E-state index in [1.54, 1.807) is 18.2 Å². The Hall–Kier alpha value is -1.97. The summed E-state index contributed by atoms with van der Waals surface area (Å²) in [6.07, 6.45) is 0. The highest BCUT2D eigenvalue weighted by Crippen LogP contribution is 2.28. The summed E-state index contributed by atoms with van der Waals surface area (Å²) in [5.74, 6) is -0.118. The molecule has 16 heavy (non-hydrogen) atoms. The number of carboxylic acid groups (broad SMARTS) is 1. The van der Waals surface area contributed by atoms with Crippen molar-refractivity contribution in [1.29, 1.82) is 0 Å². The van der Waals surface area contributed by atoms with Crippen LogP contribution in [-0.2, 0) is 9.53 Å². The first-order chi connectivity index (χ1) is 7.61. The van der Waals surface area contributed by atoms with Crippen LogP contribution in [0.2, 0.25) is 0 Å². The molecule has 0 amide bonds. The summed E-state index contributed by atoms with van der Waals surface area (Å²) >= 11 is 0. The number of hydrogen-bond donors (Lipinski definition) is 1. The average molecular weight is 222 g/mol. The lowest BCUT2D eigenvalue weighted by atomic mass is 10.1. The van der Waals surface area contributed by atoms with E-state index in [1.165, 1.54) is 21.1 Å². The molecule has 1 N–H and O–H groups in total. The molecule has 0 saturated heterocycles. The Morgan fingerprint density at radius 1 is 1.25 bits per heavy atom. The summed E-state index contributed by atoms with van der Waals surface area (Å²) in [5.41, 5.74) is 0.777. The number of aliphatic carboxylic acids is 1. The third-order valence-electron chi connectivity index (χ3n) is 2.22. The van der Waals surface area contributed by atoms with E-state index in [1.807, 2.05) is 6.07 Å². The van der Waals surface area contributed by atoms with Crippen molar-refractivity contribution in [1.82, 2.24) is 0 Å². The van der Waals surface area contributed by atoms with Crippen LogP contribution in [0, 0.1) is 0 Å². The molecule has 0 unspecified atom stereocenters. The van der Waals surface area contributed by atoms with Gasteiger partial charge in [-0.1, -0.05) is 12.1 Å². The SMILES string of the molecule is CO/C(=C(/C)C(=O)O)c1ccccc1OC. The molecule has 86 valence electrons. The van der Waals surface area contributed by atoms with Gasteiger partial charge in [-0.25, -0.2) is 4.79 Å². The molecule has 0 saturated carbocycles. The van der Waals surface area contributed by atoms with Crippen LogP contribution >= 0.6 is 0 Å². The van der Waals surface area contributed by atoms with Gasteiger partial charge in [-0.15, -0.1) is 0 Å². The summed E-state index contributed by atoms with van der Waals surface area (Å²) in [5, 5.41) is 8.93. The highest BCUT2D eigenvalue weighted by molar-refractivity contribution is 5.94. The summed E-state index contributed by atoms with van der Waals surface area (Å²) in [7, 11) is 2.97. The van der Waals surface area contributed by atoms with Crippen molar-refractivity contribution in [3.63, 3.8) is 0 Å². The van der Waals surface area contributed by atoms with Crippen LogP contribution in [0.4, 0.5) is 0 Å². The average Bonchev–Trinajstić information content (AvgIpc) is 2.30. The van der Waals surface area contributed by atoms with Crippen molar-refractivity contribution in [2.45, 2.75) is 6.92 Å². The van der Waals surface area contributed by atoms with E-state index >= 15 is 0 Å². The van der Waals surface area contributed by atoms with Crippen LogP contribution in [0.5, 0.6) is 5.75 Å². The third-order valence-corrected chi connectivity index (χ3v) is 2.22. The van der Waals surface area contributed by atoms with E-state index < -0.39 is 5.97 Å². The molecule has 0 bridgehead atoms. The lowest BCUT2D eigenvalue weighted by molar-refractivity contribution is -0.132. The highest BCUT2D eigenvalue weighted by atomic mass is 16.5. The number of para-hydroxylation sites is 1. The van der Waals surface area contributed by atoms with Gasteiger partial charge in [-0.3, -0.25) is 0 Å². The normalized spacial score (nSPS) is 11.7. The monoisotopic (exact) mass is 222 g/mol. The smallest absolute Gasteiger partial charge is 0.335 e. The van der Waals surface area contributed by atoms with Crippen molar-refractivity contribution in [2.75, 3.05) is 14.2 Å². The predicted molar refractivity (Wildman–Crippen MR) is 60.2 cm³/mol. The molecule has 0 aromatic heterocycles. The third kappa shape index (κ3) is 2.34. The van der Waals surface area contributed by atoms with Crippen LogP contribution in [0.15, 0.2) is 29.8 Å². The standard InChI is InChI=1S/C12H14O4/c1-8(12(13)14)11(16-3)9-6-4-5-7-10(9)15-2/h4-7H,1-3H3,(H,13,14)/b11-8-. The zero-order valence-electron chi connectivity index (χ0n) is 9.48. The molecule has 4 nitrogen and oxygen atoms in total. The second kappa shape index (κ2) is 5.21. The summed E-state index contributed by atoms with van der Waals surface area (Å²) < 4.78 is 10.3. The Kier molecular flexibility index (Phi) is 3.94. The summed E-state index contributed by atoms with van der Waals surface area (Å²) in [6.45, 7) is 1.49. The van der Waals surface area contributed by atoms with Crippen molar-refractivity contribution < 1.29 is 19.4 Å². The maximum atomic E-state index is 10.9. The molecular formula is C12H14O4. The van der Waals surface area contributed by atoms with Gasteiger partial charge in [0.2, 0.25) is 0 Å². The fourth-order valence-electron chi connectivity index (χ4n) is 1.39. The summed E-state index contributed by atoms with van der Waals surface area (Å²) in [6, 6.07) is 7.12. The Morgan fingerprint density at radius 2 is 1.88 bits per heavy atom. The number of carbonyl (C=O) groups is 1. The van der Waals surface area contributed by atoms with Crippen LogP contribution in [0.25, 0.3) is 5.76 Å². The highest BCUT2D eigenvalue weighted by Gasteiger charge is 2.15. The minimum Gasteiger partial charge on any atom is -0.496 e. The molecule has 1 aromatic carbocycles. The zero-order chi connectivity index (χ0) is 12.1. The number of hydrogen-bond acceptors (Lipinski definition) is 3. The Balaban J connectivity index is 3.34. The van der Waals surface area contributed by atoms with Crippen molar-refractivity contribution >= 4 is 11.7 Å². The van der Waals surface area contributed by atoms with Gasteiger partial charge < -0.3 is 14.6 Å². The molecule has 1 aromatic rings. The molecular weight excluding hydrogens is 208 g/mol. The minimum atomic E-state index is -1.01. The predicted octanol–water partition coefficient (Wildman–Crippen LogP) is 2.16. The number of methoxy groups -OCH3 is 2.